The molecule has 0 aromatic heterocycles. The second kappa shape index (κ2) is 6.95. The number of carboxylic acid groups (broad SMARTS) is 1. The maximum absolute atomic E-state index is 10.7. The third kappa shape index (κ3) is 6.63. The number of thiol groups is 1. The van der Waals surface area contributed by atoms with Gasteiger partial charge in [-0.25, -0.2) is 0 Å². The Morgan fingerprint density at radius 2 is 2.00 bits per heavy atom. The van der Waals surface area contributed by atoms with E-state index in [2.05, 4.69) is 12.6 Å². The molecule has 0 amide bonds. The fraction of sp³-hybridized carbons (Fsp3) is 0.778. The van der Waals surface area contributed by atoms with Gasteiger partial charge in [0.15, 0.2) is 0 Å². The Morgan fingerprint density at radius 1 is 1.38 bits per heavy atom. The van der Waals surface area contributed by atoms with Gasteiger partial charge in [-0.2, -0.15) is 12.6 Å². The minimum absolute atomic E-state index is 0.0529. The SMILES string of the molecule is CC(=O)CCC(CCCS)C(=O)O. The van der Waals surface area contributed by atoms with Crippen LogP contribution in [0, 0.1) is 5.92 Å². The quantitative estimate of drug-likeness (QED) is 0.621. The van der Waals surface area contributed by atoms with Gasteiger partial charge in [-0.3, -0.25) is 4.79 Å². The van der Waals surface area contributed by atoms with Crippen LogP contribution >= 0.6 is 12.6 Å². The Balaban J connectivity index is 3.80. The minimum Gasteiger partial charge on any atom is -0.481 e. The molecule has 0 aromatic carbocycles. The molecule has 0 heterocycles. The summed E-state index contributed by atoms with van der Waals surface area (Å²) in [5.74, 6) is -0.430. The van der Waals surface area contributed by atoms with E-state index in [0.29, 0.717) is 25.0 Å². The average Bonchev–Trinajstić information content (AvgIpc) is 2.03. The Bertz CT molecular complexity index is 180. The summed E-state index contributed by atoms with van der Waals surface area (Å²) >= 11 is 4.01. The highest BCUT2D eigenvalue weighted by atomic mass is 32.1. The highest BCUT2D eigenvalue weighted by molar-refractivity contribution is 7.80. The molecule has 0 saturated heterocycles. The van der Waals surface area contributed by atoms with Gasteiger partial charge in [-0.1, -0.05) is 0 Å². The summed E-state index contributed by atoms with van der Waals surface area (Å²) in [6, 6.07) is 0. The monoisotopic (exact) mass is 204 g/mol. The molecule has 76 valence electrons. The molecule has 0 bridgehead atoms. The molecule has 13 heavy (non-hydrogen) atoms. The molecule has 0 saturated carbocycles. The van der Waals surface area contributed by atoms with Crippen LogP contribution in [0.25, 0.3) is 0 Å². The summed E-state index contributed by atoms with van der Waals surface area (Å²) in [7, 11) is 0. The van der Waals surface area contributed by atoms with Gasteiger partial charge in [0.1, 0.15) is 5.78 Å². The zero-order valence-corrected chi connectivity index (χ0v) is 8.72. The van der Waals surface area contributed by atoms with Gasteiger partial charge in [0.25, 0.3) is 0 Å². The van der Waals surface area contributed by atoms with Crippen molar-refractivity contribution in [3.05, 3.63) is 0 Å². The largest absolute Gasteiger partial charge is 0.481 e. The Kier molecular flexibility index (Phi) is 6.68. The highest BCUT2D eigenvalue weighted by Gasteiger charge is 2.16. The first-order valence-corrected chi connectivity index (χ1v) is 5.04. The summed E-state index contributed by atoms with van der Waals surface area (Å²) in [6.45, 7) is 1.48. The summed E-state index contributed by atoms with van der Waals surface area (Å²) in [4.78, 5) is 21.3. The van der Waals surface area contributed by atoms with Crippen molar-refractivity contribution in [1.82, 2.24) is 0 Å². The van der Waals surface area contributed by atoms with E-state index >= 15 is 0 Å². The molecule has 1 unspecified atom stereocenters. The van der Waals surface area contributed by atoms with Crippen molar-refractivity contribution < 1.29 is 14.7 Å². The molecule has 4 heteroatoms. The van der Waals surface area contributed by atoms with Crippen LogP contribution in [0.4, 0.5) is 0 Å². The first-order chi connectivity index (χ1) is 6.07. The molecular formula is C9H16O3S. The highest BCUT2D eigenvalue weighted by Crippen LogP contribution is 2.14. The normalized spacial score (nSPS) is 12.5. The van der Waals surface area contributed by atoms with E-state index < -0.39 is 5.97 Å². The van der Waals surface area contributed by atoms with E-state index in [1.807, 2.05) is 0 Å². The lowest BCUT2D eigenvalue weighted by atomic mass is 9.97. The number of hydrogen-bond acceptors (Lipinski definition) is 3. The summed E-state index contributed by atoms with van der Waals surface area (Å²) in [6.07, 6.45) is 2.23. The van der Waals surface area contributed by atoms with E-state index in [-0.39, 0.29) is 11.7 Å². The third-order valence-electron chi connectivity index (χ3n) is 1.90. The molecule has 0 aliphatic heterocycles. The Hall–Kier alpha value is -0.510. The van der Waals surface area contributed by atoms with Gasteiger partial charge >= 0.3 is 5.97 Å². The van der Waals surface area contributed by atoms with E-state index in [9.17, 15) is 9.59 Å². The van der Waals surface area contributed by atoms with Crippen molar-refractivity contribution in [3.8, 4) is 0 Å². The molecule has 3 nitrogen and oxygen atoms in total. The van der Waals surface area contributed by atoms with E-state index in [1.165, 1.54) is 6.92 Å². The molecule has 0 aliphatic carbocycles. The molecule has 1 atom stereocenters. The van der Waals surface area contributed by atoms with Gasteiger partial charge in [0.05, 0.1) is 5.92 Å². The van der Waals surface area contributed by atoms with Crippen LogP contribution in [-0.2, 0) is 9.59 Å². The number of carboxylic acids is 1. The Labute approximate surface area is 83.9 Å². The number of hydrogen-bond donors (Lipinski definition) is 2. The van der Waals surface area contributed by atoms with E-state index in [0.717, 1.165) is 6.42 Å². The molecule has 0 radical (unpaired) electrons. The first kappa shape index (κ1) is 12.5. The zero-order valence-electron chi connectivity index (χ0n) is 7.82. The van der Waals surface area contributed by atoms with Gasteiger partial charge in [0.2, 0.25) is 0 Å². The Morgan fingerprint density at radius 3 is 2.38 bits per heavy atom. The van der Waals surface area contributed by atoms with E-state index in [4.69, 9.17) is 5.11 Å². The molecule has 0 aliphatic rings. The van der Waals surface area contributed by atoms with Crippen LogP contribution in [-0.4, -0.2) is 22.6 Å². The number of aliphatic carboxylic acids is 1. The second-order valence-electron chi connectivity index (χ2n) is 3.14. The molecule has 0 fully saturated rings. The van der Waals surface area contributed by atoms with Crippen LogP contribution in [0.1, 0.15) is 32.6 Å². The molecule has 0 spiro atoms. The van der Waals surface area contributed by atoms with Crippen LogP contribution in [0.3, 0.4) is 0 Å². The van der Waals surface area contributed by atoms with Gasteiger partial charge in [0, 0.05) is 6.42 Å². The van der Waals surface area contributed by atoms with Crippen LogP contribution in [0.5, 0.6) is 0 Å². The summed E-state index contributed by atoms with van der Waals surface area (Å²) in [5, 5.41) is 8.78. The minimum atomic E-state index is -0.803. The number of carbonyl (C=O) groups excluding carboxylic acids is 1. The van der Waals surface area contributed by atoms with Gasteiger partial charge < -0.3 is 9.90 Å². The van der Waals surface area contributed by atoms with Crippen molar-refractivity contribution in [2.24, 2.45) is 5.92 Å². The maximum atomic E-state index is 10.7. The standard InChI is InChI=1S/C9H16O3S/c1-7(10)4-5-8(9(11)12)3-2-6-13/h8,13H,2-6H2,1H3,(H,11,12). The zero-order chi connectivity index (χ0) is 10.3. The lowest BCUT2D eigenvalue weighted by molar-refractivity contribution is -0.142. The van der Waals surface area contributed by atoms with Crippen molar-refractivity contribution in [3.63, 3.8) is 0 Å². The fourth-order valence-corrected chi connectivity index (χ4v) is 1.29. The van der Waals surface area contributed by atoms with E-state index in [1.54, 1.807) is 0 Å². The first-order valence-electron chi connectivity index (χ1n) is 4.41. The van der Waals surface area contributed by atoms with Crippen molar-refractivity contribution in [2.75, 3.05) is 5.75 Å². The number of rotatable bonds is 7. The van der Waals surface area contributed by atoms with Crippen molar-refractivity contribution in [1.29, 1.82) is 0 Å². The lowest BCUT2D eigenvalue weighted by Crippen LogP contribution is -2.14. The average molecular weight is 204 g/mol. The maximum Gasteiger partial charge on any atom is 0.306 e. The van der Waals surface area contributed by atoms with Gasteiger partial charge in [-0.15, -0.1) is 0 Å². The van der Waals surface area contributed by atoms with Crippen LogP contribution in [0.15, 0.2) is 0 Å². The van der Waals surface area contributed by atoms with Crippen molar-refractivity contribution >= 4 is 24.4 Å². The van der Waals surface area contributed by atoms with Crippen LogP contribution < -0.4 is 0 Å². The molecular weight excluding hydrogens is 188 g/mol. The predicted molar refractivity (Wildman–Crippen MR) is 54.1 cm³/mol. The molecule has 1 N–H and O–H groups in total. The summed E-state index contributed by atoms with van der Waals surface area (Å²) in [5.41, 5.74) is 0. The summed E-state index contributed by atoms with van der Waals surface area (Å²) < 4.78 is 0. The number of carbonyl (C=O) groups is 2. The predicted octanol–water partition coefficient (Wildman–Crippen LogP) is 1.77. The van der Waals surface area contributed by atoms with Crippen LogP contribution in [0.2, 0.25) is 0 Å². The topological polar surface area (TPSA) is 54.4 Å². The second-order valence-corrected chi connectivity index (χ2v) is 3.59. The van der Waals surface area contributed by atoms with Gasteiger partial charge in [-0.05, 0) is 31.9 Å². The lowest BCUT2D eigenvalue weighted by Gasteiger charge is -2.09. The fourth-order valence-electron chi connectivity index (χ4n) is 1.11. The smallest absolute Gasteiger partial charge is 0.306 e. The molecule has 0 rings (SSSR count). The number of Topliss-reactive ketones (excluding diaryl/α,β-unsaturated/α-hetero) is 1. The van der Waals surface area contributed by atoms with Crippen molar-refractivity contribution in [2.45, 2.75) is 32.6 Å². The third-order valence-corrected chi connectivity index (χ3v) is 2.22. The number of ketones is 1. The molecule has 0 aromatic rings.